The summed E-state index contributed by atoms with van der Waals surface area (Å²) in [6, 6.07) is 18.0. The Labute approximate surface area is 133 Å². The van der Waals surface area contributed by atoms with Crippen LogP contribution >= 0.6 is 0 Å². The van der Waals surface area contributed by atoms with Crippen LogP contribution in [0.4, 0.5) is 0 Å². The SMILES string of the molecule is N#Cc1c2nnc(-c3ccccc3)c1-c1ccccc1[Se]2(=O)=O. The summed E-state index contributed by atoms with van der Waals surface area (Å²) in [5, 5.41) is 17.5. The number of hydrogen-bond donors (Lipinski definition) is 0. The van der Waals surface area contributed by atoms with E-state index >= 15 is 0 Å². The third-order valence-corrected chi connectivity index (χ3v) is 7.43. The first-order chi connectivity index (χ1) is 11.1. The van der Waals surface area contributed by atoms with E-state index in [-0.39, 0.29) is 14.6 Å². The van der Waals surface area contributed by atoms with E-state index < -0.39 is 12.7 Å². The summed E-state index contributed by atoms with van der Waals surface area (Å²) >= 11 is -4.69. The molecule has 2 bridgehead atoms. The molecule has 1 aromatic heterocycles. The molecule has 0 unspecified atom stereocenters. The predicted octanol–water partition coefficient (Wildman–Crippen LogP) is 1.41. The molecule has 0 N–H and O–H groups in total. The van der Waals surface area contributed by atoms with Gasteiger partial charge in [-0.3, -0.25) is 0 Å². The second-order valence-electron chi connectivity index (χ2n) is 5.08. The van der Waals surface area contributed by atoms with Crippen molar-refractivity contribution in [2.24, 2.45) is 0 Å². The summed E-state index contributed by atoms with van der Waals surface area (Å²) in [5.41, 5.74) is 2.46. The van der Waals surface area contributed by atoms with E-state index in [1.165, 1.54) is 0 Å². The fraction of sp³-hybridized carbons (Fsp3) is 0. The van der Waals surface area contributed by atoms with Gasteiger partial charge in [-0.1, -0.05) is 0 Å². The molecule has 23 heavy (non-hydrogen) atoms. The monoisotopic (exact) mass is 367 g/mol. The Hall–Kier alpha value is -2.87. The minimum atomic E-state index is -4.69. The van der Waals surface area contributed by atoms with E-state index in [2.05, 4.69) is 10.2 Å². The van der Waals surface area contributed by atoms with Gasteiger partial charge >= 0.3 is 134 Å². The van der Waals surface area contributed by atoms with Crippen molar-refractivity contribution in [3.8, 4) is 28.5 Å². The number of rotatable bonds is 1. The summed E-state index contributed by atoms with van der Waals surface area (Å²) < 4.78 is 25.5. The average Bonchev–Trinajstić information content (AvgIpc) is 2.60. The first-order valence-corrected chi connectivity index (χ1v) is 9.96. The van der Waals surface area contributed by atoms with Crippen molar-refractivity contribution in [1.82, 2.24) is 10.2 Å². The van der Waals surface area contributed by atoms with Crippen LogP contribution in [0.25, 0.3) is 22.4 Å². The van der Waals surface area contributed by atoms with Gasteiger partial charge in [-0.05, 0) is 0 Å². The van der Waals surface area contributed by atoms with Gasteiger partial charge in [0.25, 0.3) is 0 Å². The molecule has 1 aliphatic heterocycles. The van der Waals surface area contributed by atoms with Gasteiger partial charge in [0.1, 0.15) is 0 Å². The second kappa shape index (κ2) is 4.82. The molecule has 0 spiro atoms. The standard InChI is InChI=1S/C17H9N3O2Se/c18-10-13-15-12-8-4-5-9-14(12)23(21,22)17(13)20-19-16(15)11-6-2-1-3-7-11/h1-9H. The topological polar surface area (TPSA) is 83.7 Å². The van der Waals surface area contributed by atoms with E-state index in [0.717, 1.165) is 5.56 Å². The summed E-state index contributed by atoms with van der Waals surface area (Å²) in [4.78, 5) is 0. The molecule has 5 nitrogen and oxygen atoms in total. The first kappa shape index (κ1) is 13.8. The number of nitriles is 1. The van der Waals surface area contributed by atoms with E-state index in [4.69, 9.17) is 0 Å². The summed E-state index contributed by atoms with van der Waals surface area (Å²) in [6.45, 7) is 0. The number of nitrogens with zero attached hydrogens (tertiary/aromatic N) is 3. The van der Waals surface area contributed by atoms with Crippen molar-refractivity contribution in [2.75, 3.05) is 0 Å². The van der Waals surface area contributed by atoms with Crippen LogP contribution < -0.4 is 9.05 Å². The molecule has 110 valence electrons. The zero-order valence-corrected chi connectivity index (χ0v) is 13.5. The molecule has 0 saturated heterocycles. The molecule has 0 saturated carbocycles. The van der Waals surface area contributed by atoms with Crippen molar-refractivity contribution < 1.29 is 7.67 Å². The number of hydrogen-bond acceptors (Lipinski definition) is 5. The molecule has 0 aliphatic carbocycles. The Morgan fingerprint density at radius 3 is 2.35 bits per heavy atom. The van der Waals surface area contributed by atoms with Crippen LogP contribution in [0.15, 0.2) is 54.6 Å². The van der Waals surface area contributed by atoms with Gasteiger partial charge in [0.15, 0.2) is 0 Å². The normalized spacial score (nSPS) is 13.9. The zero-order valence-electron chi connectivity index (χ0n) is 11.8. The van der Waals surface area contributed by atoms with Gasteiger partial charge < -0.3 is 0 Å². The summed E-state index contributed by atoms with van der Waals surface area (Å²) in [6.07, 6.45) is 0. The van der Waals surface area contributed by atoms with Crippen LogP contribution in [-0.4, -0.2) is 22.9 Å². The third-order valence-electron chi connectivity index (χ3n) is 3.80. The van der Waals surface area contributed by atoms with Crippen molar-refractivity contribution in [1.29, 1.82) is 5.26 Å². The molecule has 0 fully saturated rings. The Morgan fingerprint density at radius 2 is 1.61 bits per heavy atom. The molecule has 3 aromatic rings. The van der Waals surface area contributed by atoms with Crippen LogP contribution in [0.5, 0.6) is 0 Å². The first-order valence-electron chi connectivity index (χ1n) is 6.85. The number of benzene rings is 2. The summed E-state index contributed by atoms with van der Waals surface area (Å²) in [5.74, 6) is 0. The predicted molar refractivity (Wildman–Crippen MR) is 84.0 cm³/mol. The van der Waals surface area contributed by atoms with E-state index in [1.54, 1.807) is 24.3 Å². The molecule has 1 aliphatic rings. The minimum absolute atomic E-state index is 0.0857. The van der Waals surface area contributed by atoms with Gasteiger partial charge in [0.2, 0.25) is 0 Å². The Morgan fingerprint density at radius 1 is 0.913 bits per heavy atom. The molecule has 2 aromatic carbocycles. The van der Waals surface area contributed by atoms with Crippen molar-refractivity contribution in [3.63, 3.8) is 0 Å². The fourth-order valence-corrected chi connectivity index (χ4v) is 5.91. The number of fused-ring (bicyclic) bond motifs is 4. The molecule has 6 heteroatoms. The van der Waals surface area contributed by atoms with Gasteiger partial charge in [-0.25, -0.2) is 0 Å². The molecule has 0 amide bonds. The second-order valence-corrected chi connectivity index (χ2v) is 8.93. The maximum atomic E-state index is 12.7. The summed E-state index contributed by atoms with van der Waals surface area (Å²) in [7, 11) is 0. The van der Waals surface area contributed by atoms with E-state index in [9.17, 15) is 12.9 Å². The molecule has 2 heterocycles. The Balaban J connectivity index is 2.20. The Kier molecular flexibility index (Phi) is 2.88. The molecule has 0 radical (unpaired) electrons. The average molecular weight is 366 g/mol. The fourth-order valence-electron chi connectivity index (χ4n) is 2.78. The zero-order chi connectivity index (χ0) is 16.0. The van der Waals surface area contributed by atoms with Crippen molar-refractivity contribution in [2.45, 2.75) is 0 Å². The van der Waals surface area contributed by atoms with Crippen molar-refractivity contribution in [3.05, 3.63) is 60.2 Å². The molecular weight excluding hydrogens is 357 g/mol. The van der Waals surface area contributed by atoms with Crippen LogP contribution in [0, 0.1) is 11.3 Å². The van der Waals surface area contributed by atoms with Gasteiger partial charge in [0, 0.05) is 0 Å². The van der Waals surface area contributed by atoms with Crippen LogP contribution in [0.1, 0.15) is 5.56 Å². The molecule has 0 atom stereocenters. The maximum absolute atomic E-state index is 12.7. The Bertz CT molecular complexity index is 1080. The van der Waals surface area contributed by atoms with Gasteiger partial charge in [0.05, 0.1) is 0 Å². The van der Waals surface area contributed by atoms with E-state index in [1.807, 2.05) is 36.4 Å². The van der Waals surface area contributed by atoms with Gasteiger partial charge in [-0.2, -0.15) is 0 Å². The van der Waals surface area contributed by atoms with Crippen LogP contribution in [0.3, 0.4) is 0 Å². The molecular formula is C17H9N3O2Se. The number of aromatic nitrogens is 2. The van der Waals surface area contributed by atoms with Crippen molar-refractivity contribution >= 4 is 21.8 Å². The third kappa shape index (κ3) is 1.85. The van der Waals surface area contributed by atoms with Crippen LogP contribution in [0.2, 0.25) is 0 Å². The van der Waals surface area contributed by atoms with Gasteiger partial charge in [-0.15, -0.1) is 0 Å². The molecule has 4 rings (SSSR count). The van der Waals surface area contributed by atoms with E-state index in [0.29, 0.717) is 16.8 Å². The van der Waals surface area contributed by atoms with Crippen LogP contribution in [-0.2, 0) is 7.67 Å². The quantitative estimate of drug-likeness (QED) is 0.476.